The third-order valence-corrected chi connectivity index (χ3v) is 6.38. The molecule has 33 heavy (non-hydrogen) atoms. The summed E-state index contributed by atoms with van der Waals surface area (Å²) in [5.41, 5.74) is 6.09. The molecular formula is C26H26FN5O. The fourth-order valence-electron chi connectivity index (χ4n) is 4.70. The molecule has 168 valence electrons. The summed E-state index contributed by atoms with van der Waals surface area (Å²) in [6, 6.07) is 16.4. The Labute approximate surface area is 192 Å². The van der Waals surface area contributed by atoms with Crippen molar-refractivity contribution in [2.45, 2.75) is 45.6 Å². The summed E-state index contributed by atoms with van der Waals surface area (Å²) < 4.78 is 17.9. The molecule has 2 aromatic heterocycles. The molecule has 7 heteroatoms. The number of carbonyl (C=O) groups excluding carboxylic acids is 1. The number of nitrogens with one attached hydrogen (secondary N) is 1. The van der Waals surface area contributed by atoms with E-state index in [1.807, 2.05) is 48.9 Å². The van der Waals surface area contributed by atoms with Gasteiger partial charge in [-0.1, -0.05) is 30.3 Å². The zero-order chi connectivity index (χ0) is 22.9. The molecule has 2 heterocycles. The van der Waals surface area contributed by atoms with Crippen molar-refractivity contribution in [3.63, 3.8) is 0 Å². The maximum absolute atomic E-state index is 14.3. The van der Waals surface area contributed by atoms with Crippen LogP contribution >= 0.6 is 0 Å². The molecule has 0 saturated carbocycles. The number of hydrogen-bond donors (Lipinski definition) is 1. The molecule has 0 spiro atoms. The van der Waals surface area contributed by atoms with Crippen molar-refractivity contribution in [1.82, 2.24) is 24.9 Å². The number of carbonyl (C=O) groups is 1. The van der Waals surface area contributed by atoms with Gasteiger partial charge in [0.1, 0.15) is 11.5 Å². The molecule has 0 saturated heterocycles. The average Bonchev–Trinajstić information content (AvgIpc) is 3.37. The molecule has 1 amide bonds. The predicted octanol–water partition coefficient (Wildman–Crippen LogP) is 4.55. The van der Waals surface area contributed by atoms with E-state index in [2.05, 4.69) is 15.5 Å². The van der Waals surface area contributed by atoms with Crippen LogP contribution < -0.4 is 5.32 Å². The first-order chi connectivity index (χ1) is 16.0. The van der Waals surface area contributed by atoms with Gasteiger partial charge in [0.05, 0.1) is 30.0 Å². The second-order valence-electron chi connectivity index (χ2n) is 8.50. The first kappa shape index (κ1) is 21.1. The number of rotatable bonds is 5. The molecule has 2 aromatic carbocycles. The third kappa shape index (κ3) is 3.95. The van der Waals surface area contributed by atoms with Gasteiger partial charge in [0.2, 0.25) is 5.91 Å². The Morgan fingerprint density at radius 3 is 2.64 bits per heavy atom. The standard InChI is InChI=1S/C26H26FN5O/c1-17-20(18(2)31(30-17)19-9-4-3-5-10-19)15-26(33)29-23-12-8-14-24-21(23)16-28-32(24)25-13-7-6-11-22(25)27/h3-7,9-11,13,16,23H,8,12,14-15H2,1-2H3,(H,29,33). The number of hydrogen-bond acceptors (Lipinski definition) is 3. The number of para-hydroxylation sites is 2. The van der Waals surface area contributed by atoms with Crippen LogP contribution in [0.3, 0.4) is 0 Å². The van der Waals surface area contributed by atoms with Crippen molar-refractivity contribution in [2.24, 2.45) is 0 Å². The molecule has 1 aliphatic rings. The van der Waals surface area contributed by atoms with Gasteiger partial charge in [0.15, 0.2) is 0 Å². The lowest BCUT2D eigenvalue weighted by molar-refractivity contribution is -0.121. The molecule has 0 fully saturated rings. The van der Waals surface area contributed by atoms with Gasteiger partial charge in [-0.05, 0) is 57.4 Å². The van der Waals surface area contributed by atoms with E-state index in [1.54, 1.807) is 29.1 Å². The van der Waals surface area contributed by atoms with Crippen LogP contribution in [0.25, 0.3) is 11.4 Å². The van der Waals surface area contributed by atoms with E-state index in [-0.39, 0.29) is 24.2 Å². The van der Waals surface area contributed by atoms with Crippen LogP contribution in [0.1, 0.15) is 47.1 Å². The highest BCUT2D eigenvalue weighted by molar-refractivity contribution is 5.79. The van der Waals surface area contributed by atoms with Crippen molar-refractivity contribution in [3.05, 3.63) is 94.8 Å². The number of aryl methyl sites for hydroxylation is 1. The van der Waals surface area contributed by atoms with Crippen LogP contribution in [0, 0.1) is 19.7 Å². The number of nitrogens with zero attached hydrogens (tertiary/aromatic N) is 4. The first-order valence-electron chi connectivity index (χ1n) is 11.2. The smallest absolute Gasteiger partial charge is 0.225 e. The topological polar surface area (TPSA) is 64.7 Å². The van der Waals surface area contributed by atoms with E-state index in [1.165, 1.54) is 6.07 Å². The summed E-state index contributed by atoms with van der Waals surface area (Å²) >= 11 is 0. The van der Waals surface area contributed by atoms with E-state index in [0.717, 1.165) is 53.2 Å². The first-order valence-corrected chi connectivity index (χ1v) is 11.2. The quantitative estimate of drug-likeness (QED) is 0.492. The second kappa shape index (κ2) is 8.65. The lowest BCUT2D eigenvalue weighted by atomic mass is 9.92. The average molecular weight is 444 g/mol. The highest BCUT2D eigenvalue weighted by Crippen LogP contribution is 2.31. The zero-order valence-corrected chi connectivity index (χ0v) is 18.8. The molecule has 5 rings (SSSR count). The lowest BCUT2D eigenvalue weighted by Crippen LogP contribution is -2.32. The minimum atomic E-state index is -0.309. The second-order valence-corrected chi connectivity index (χ2v) is 8.50. The monoisotopic (exact) mass is 443 g/mol. The number of amides is 1. The van der Waals surface area contributed by atoms with Crippen molar-refractivity contribution < 1.29 is 9.18 Å². The van der Waals surface area contributed by atoms with E-state index < -0.39 is 0 Å². The fourth-order valence-corrected chi connectivity index (χ4v) is 4.70. The lowest BCUT2D eigenvalue weighted by Gasteiger charge is -2.24. The third-order valence-electron chi connectivity index (χ3n) is 6.38. The van der Waals surface area contributed by atoms with Gasteiger partial charge in [-0.25, -0.2) is 13.8 Å². The van der Waals surface area contributed by atoms with Gasteiger partial charge >= 0.3 is 0 Å². The van der Waals surface area contributed by atoms with Crippen LogP contribution in [0.5, 0.6) is 0 Å². The Balaban J connectivity index is 1.36. The van der Waals surface area contributed by atoms with Crippen LogP contribution in [0.15, 0.2) is 60.8 Å². The Bertz CT molecular complexity index is 1310. The summed E-state index contributed by atoms with van der Waals surface area (Å²) in [5, 5.41) is 12.3. The van der Waals surface area contributed by atoms with Gasteiger partial charge in [-0.2, -0.15) is 10.2 Å². The summed E-state index contributed by atoms with van der Waals surface area (Å²) in [5.74, 6) is -0.360. The Morgan fingerprint density at radius 2 is 1.85 bits per heavy atom. The number of halogens is 1. The molecule has 0 aliphatic heterocycles. The van der Waals surface area contributed by atoms with Crippen LogP contribution in [0.2, 0.25) is 0 Å². The van der Waals surface area contributed by atoms with Gasteiger partial charge in [0.25, 0.3) is 0 Å². The maximum atomic E-state index is 14.3. The highest BCUT2D eigenvalue weighted by atomic mass is 19.1. The van der Waals surface area contributed by atoms with Gasteiger partial charge in [-0.15, -0.1) is 0 Å². The summed E-state index contributed by atoms with van der Waals surface area (Å²) in [6.07, 6.45) is 4.57. The van der Waals surface area contributed by atoms with Crippen molar-refractivity contribution in [3.8, 4) is 11.4 Å². The zero-order valence-electron chi connectivity index (χ0n) is 18.8. The van der Waals surface area contributed by atoms with Gasteiger partial charge < -0.3 is 5.32 Å². The molecule has 0 radical (unpaired) electrons. The maximum Gasteiger partial charge on any atom is 0.225 e. The summed E-state index contributed by atoms with van der Waals surface area (Å²) in [6.45, 7) is 3.93. The van der Waals surface area contributed by atoms with E-state index in [4.69, 9.17) is 0 Å². The van der Waals surface area contributed by atoms with E-state index in [0.29, 0.717) is 5.69 Å². The molecule has 1 N–H and O–H groups in total. The van der Waals surface area contributed by atoms with Gasteiger partial charge in [0, 0.05) is 22.5 Å². The van der Waals surface area contributed by atoms with Crippen LogP contribution in [0.4, 0.5) is 4.39 Å². The van der Waals surface area contributed by atoms with E-state index in [9.17, 15) is 9.18 Å². The number of benzene rings is 2. The highest BCUT2D eigenvalue weighted by Gasteiger charge is 2.27. The molecule has 4 aromatic rings. The number of fused-ring (bicyclic) bond motifs is 1. The Hall–Kier alpha value is -3.74. The van der Waals surface area contributed by atoms with Gasteiger partial charge in [-0.3, -0.25) is 4.79 Å². The summed E-state index contributed by atoms with van der Waals surface area (Å²) in [7, 11) is 0. The molecule has 1 unspecified atom stereocenters. The molecule has 1 atom stereocenters. The van der Waals surface area contributed by atoms with Crippen molar-refractivity contribution >= 4 is 5.91 Å². The Morgan fingerprint density at radius 1 is 1.09 bits per heavy atom. The minimum Gasteiger partial charge on any atom is -0.349 e. The van der Waals surface area contributed by atoms with Crippen molar-refractivity contribution in [1.29, 1.82) is 0 Å². The largest absolute Gasteiger partial charge is 0.349 e. The fraction of sp³-hybridized carbons (Fsp3) is 0.269. The number of aromatic nitrogens is 4. The van der Waals surface area contributed by atoms with Crippen LogP contribution in [-0.4, -0.2) is 25.5 Å². The normalized spacial score (nSPS) is 15.3. The molecular weight excluding hydrogens is 417 g/mol. The molecule has 6 nitrogen and oxygen atoms in total. The summed E-state index contributed by atoms with van der Waals surface area (Å²) in [4.78, 5) is 13.0. The molecule has 1 aliphatic carbocycles. The predicted molar refractivity (Wildman–Crippen MR) is 124 cm³/mol. The molecule has 0 bridgehead atoms. The minimum absolute atomic E-state index is 0.0506. The Kier molecular flexibility index (Phi) is 5.54. The SMILES string of the molecule is Cc1nn(-c2ccccc2)c(C)c1CC(=O)NC1CCCc2c1cnn2-c1ccccc1F. The van der Waals surface area contributed by atoms with Crippen molar-refractivity contribution in [2.75, 3.05) is 0 Å². The van der Waals surface area contributed by atoms with E-state index >= 15 is 0 Å². The van der Waals surface area contributed by atoms with Crippen LogP contribution in [-0.2, 0) is 17.6 Å².